The Bertz CT molecular complexity index is 727. The fraction of sp³-hybridized carbons (Fsp3) is 0.565. The fourth-order valence-corrected chi connectivity index (χ4v) is 3.38. The summed E-state index contributed by atoms with van der Waals surface area (Å²) in [5.41, 5.74) is 1.83. The molecule has 160 valence electrons. The molecule has 0 spiro atoms. The minimum Gasteiger partial charge on any atom is -0.493 e. The van der Waals surface area contributed by atoms with Crippen LogP contribution in [-0.4, -0.2) is 24.7 Å². The average Bonchev–Trinajstić information content (AvgIpc) is 2.67. The van der Waals surface area contributed by atoms with Crippen LogP contribution >= 0.6 is 0 Å². The molecule has 1 aliphatic rings. The second-order valence-corrected chi connectivity index (χ2v) is 7.57. The van der Waals surface area contributed by atoms with Gasteiger partial charge >= 0.3 is 12.0 Å². The van der Waals surface area contributed by atoms with Gasteiger partial charge in [0, 0.05) is 11.3 Å². The van der Waals surface area contributed by atoms with Gasteiger partial charge in [0.15, 0.2) is 0 Å². The predicted molar refractivity (Wildman–Crippen MR) is 114 cm³/mol. The molecular weight excluding hydrogens is 368 g/mol. The summed E-state index contributed by atoms with van der Waals surface area (Å²) in [6.07, 6.45) is 5.59. The molecule has 0 saturated carbocycles. The first-order valence-electron chi connectivity index (χ1n) is 10.7. The monoisotopic (exact) mass is 402 g/mol. The van der Waals surface area contributed by atoms with Crippen LogP contribution in [0.25, 0.3) is 0 Å². The first kappa shape index (κ1) is 22.8. The molecule has 6 heteroatoms. The molecule has 6 nitrogen and oxygen atoms in total. The van der Waals surface area contributed by atoms with Gasteiger partial charge in [-0.1, -0.05) is 57.7 Å². The standard InChI is InChI=1S/C23H34N2O4/c1-5-7-8-11-15-28-19-14-10-9-13-17(19)21-20(22(26)29-16(3)4)18(12-6-2)24-23(27)25-21/h9-10,13-14,16,21H,5-8,11-12,15H2,1-4H3,(H2,24,25,27). The minimum atomic E-state index is -0.608. The number of unbranched alkanes of at least 4 members (excludes halogenated alkanes) is 3. The molecular formula is C23H34N2O4. The SMILES string of the molecule is CCCCCCOc1ccccc1C1NC(=O)NC(CCC)=C1C(=O)OC(C)C. The van der Waals surface area contributed by atoms with Crippen molar-refractivity contribution in [2.75, 3.05) is 6.61 Å². The van der Waals surface area contributed by atoms with Crippen LogP contribution in [0.15, 0.2) is 35.5 Å². The van der Waals surface area contributed by atoms with Gasteiger partial charge < -0.3 is 20.1 Å². The second kappa shape index (κ2) is 11.5. The molecule has 0 radical (unpaired) electrons. The number of carbonyl (C=O) groups excluding carboxylic acids is 2. The number of hydrogen-bond donors (Lipinski definition) is 2. The minimum absolute atomic E-state index is 0.249. The number of amides is 2. The van der Waals surface area contributed by atoms with Crippen LogP contribution in [-0.2, 0) is 9.53 Å². The van der Waals surface area contributed by atoms with E-state index in [0.29, 0.717) is 30.0 Å². The normalized spacial score (nSPS) is 16.4. The van der Waals surface area contributed by atoms with E-state index in [1.165, 1.54) is 12.8 Å². The fourth-order valence-electron chi connectivity index (χ4n) is 3.38. The molecule has 1 unspecified atom stereocenters. The number of hydrogen-bond acceptors (Lipinski definition) is 4. The number of esters is 1. The summed E-state index contributed by atoms with van der Waals surface area (Å²) in [4.78, 5) is 25.2. The number of benzene rings is 1. The third kappa shape index (κ3) is 6.51. The molecule has 0 aliphatic carbocycles. The van der Waals surface area contributed by atoms with E-state index in [4.69, 9.17) is 9.47 Å². The van der Waals surface area contributed by atoms with Gasteiger partial charge in [0.25, 0.3) is 0 Å². The molecule has 0 aromatic heterocycles. The smallest absolute Gasteiger partial charge is 0.338 e. The maximum atomic E-state index is 12.9. The third-order valence-corrected chi connectivity index (χ3v) is 4.70. The average molecular weight is 403 g/mol. The Hall–Kier alpha value is -2.50. The first-order valence-corrected chi connectivity index (χ1v) is 10.7. The van der Waals surface area contributed by atoms with Crippen LogP contribution in [0.3, 0.4) is 0 Å². The molecule has 1 aliphatic heterocycles. The summed E-state index contributed by atoms with van der Waals surface area (Å²) in [5, 5.41) is 5.68. The molecule has 29 heavy (non-hydrogen) atoms. The lowest BCUT2D eigenvalue weighted by atomic mass is 9.93. The molecule has 1 heterocycles. The van der Waals surface area contributed by atoms with Crippen molar-refractivity contribution in [3.8, 4) is 5.75 Å². The molecule has 1 atom stereocenters. The van der Waals surface area contributed by atoms with Crippen molar-refractivity contribution in [2.24, 2.45) is 0 Å². The number of urea groups is 1. The number of nitrogens with one attached hydrogen (secondary N) is 2. The summed E-state index contributed by atoms with van der Waals surface area (Å²) in [7, 11) is 0. The van der Waals surface area contributed by atoms with Gasteiger partial charge in [-0.15, -0.1) is 0 Å². The number of rotatable bonds is 11. The van der Waals surface area contributed by atoms with E-state index < -0.39 is 12.0 Å². The molecule has 0 bridgehead atoms. The van der Waals surface area contributed by atoms with Gasteiger partial charge in [-0.25, -0.2) is 9.59 Å². The topological polar surface area (TPSA) is 76.7 Å². The molecule has 2 N–H and O–H groups in total. The van der Waals surface area contributed by atoms with E-state index in [-0.39, 0.29) is 12.1 Å². The highest BCUT2D eigenvalue weighted by molar-refractivity contribution is 5.95. The Kier molecular flexibility index (Phi) is 9.03. The zero-order chi connectivity index (χ0) is 21.2. The summed E-state index contributed by atoms with van der Waals surface area (Å²) in [5.74, 6) is 0.264. The molecule has 0 saturated heterocycles. The summed E-state index contributed by atoms with van der Waals surface area (Å²) in [6, 6.07) is 6.63. The van der Waals surface area contributed by atoms with Crippen molar-refractivity contribution >= 4 is 12.0 Å². The van der Waals surface area contributed by atoms with E-state index in [0.717, 1.165) is 24.8 Å². The Labute approximate surface area is 174 Å². The van der Waals surface area contributed by atoms with Gasteiger partial charge in [0.2, 0.25) is 0 Å². The van der Waals surface area contributed by atoms with Crippen LogP contribution in [0.1, 0.15) is 77.8 Å². The predicted octanol–water partition coefficient (Wildman–Crippen LogP) is 5.01. The van der Waals surface area contributed by atoms with Gasteiger partial charge in [0.1, 0.15) is 5.75 Å². The van der Waals surface area contributed by atoms with Gasteiger partial charge in [-0.2, -0.15) is 0 Å². The maximum absolute atomic E-state index is 12.9. The zero-order valence-corrected chi connectivity index (χ0v) is 18.0. The van der Waals surface area contributed by atoms with E-state index in [2.05, 4.69) is 17.6 Å². The van der Waals surface area contributed by atoms with Crippen molar-refractivity contribution in [1.29, 1.82) is 0 Å². The van der Waals surface area contributed by atoms with E-state index >= 15 is 0 Å². The lowest BCUT2D eigenvalue weighted by Crippen LogP contribution is -2.46. The molecule has 2 amide bonds. The van der Waals surface area contributed by atoms with Crippen LogP contribution < -0.4 is 15.4 Å². The van der Waals surface area contributed by atoms with Crippen molar-refractivity contribution in [1.82, 2.24) is 10.6 Å². The van der Waals surface area contributed by atoms with Gasteiger partial charge in [-0.05, 0) is 32.8 Å². The number of carbonyl (C=O) groups is 2. The first-order chi connectivity index (χ1) is 14.0. The van der Waals surface area contributed by atoms with Crippen molar-refractivity contribution in [2.45, 2.75) is 78.4 Å². The lowest BCUT2D eigenvalue weighted by Gasteiger charge is -2.30. The molecule has 1 aromatic carbocycles. The van der Waals surface area contributed by atoms with Crippen molar-refractivity contribution in [3.63, 3.8) is 0 Å². The molecule has 1 aromatic rings. The number of allylic oxidation sites excluding steroid dienone is 1. The maximum Gasteiger partial charge on any atom is 0.338 e. The quantitative estimate of drug-likeness (QED) is 0.403. The summed E-state index contributed by atoms with van der Waals surface area (Å²) < 4.78 is 11.5. The highest BCUT2D eigenvalue weighted by atomic mass is 16.5. The van der Waals surface area contributed by atoms with Crippen LogP contribution in [0.2, 0.25) is 0 Å². The highest BCUT2D eigenvalue weighted by Gasteiger charge is 2.35. The Morgan fingerprint density at radius 3 is 2.55 bits per heavy atom. The largest absolute Gasteiger partial charge is 0.493 e. The Morgan fingerprint density at radius 1 is 1.10 bits per heavy atom. The van der Waals surface area contributed by atoms with Crippen molar-refractivity contribution < 1.29 is 19.1 Å². The summed E-state index contributed by atoms with van der Waals surface area (Å²) in [6.45, 7) is 8.42. The van der Waals surface area contributed by atoms with Gasteiger partial charge in [-0.3, -0.25) is 0 Å². The van der Waals surface area contributed by atoms with Crippen LogP contribution in [0, 0.1) is 0 Å². The highest BCUT2D eigenvalue weighted by Crippen LogP contribution is 2.34. The number of para-hydroxylation sites is 1. The van der Waals surface area contributed by atoms with Crippen LogP contribution in [0.5, 0.6) is 5.75 Å². The van der Waals surface area contributed by atoms with E-state index in [1.54, 1.807) is 0 Å². The summed E-state index contributed by atoms with van der Waals surface area (Å²) >= 11 is 0. The van der Waals surface area contributed by atoms with Crippen LogP contribution in [0.4, 0.5) is 4.79 Å². The van der Waals surface area contributed by atoms with Crippen molar-refractivity contribution in [3.05, 3.63) is 41.1 Å². The van der Waals surface area contributed by atoms with E-state index in [9.17, 15) is 9.59 Å². The molecule has 0 fully saturated rings. The molecule has 2 rings (SSSR count). The Morgan fingerprint density at radius 2 is 1.86 bits per heavy atom. The van der Waals surface area contributed by atoms with Gasteiger partial charge in [0.05, 0.1) is 24.3 Å². The Balaban J connectivity index is 2.35. The van der Waals surface area contributed by atoms with E-state index in [1.807, 2.05) is 45.0 Å². The second-order valence-electron chi connectivity index (χ2n) is 7.57. The zero-order valence-electron chi connectivity index (χ0n) is 18.0. The lowest BCUT2D eigenvalue weighted by molar-refractivity contribution is -0.143. The number of ether oxygens (including phenoxy) is 2. The third-order valence-electron chi connectivity index (χ3n) is 4.70.